The topological polar surface area (TPSA) is 41.6 Å². The van der Waals surface area contributed by atoms with Gasteiger partial charge in [-0.3, -0.25) is 4.79 Å². The maximum atomic E-state index is 12.3. The van der Waals surface area contributed by atoms with Gasteiger partial charge in [0.05, 0.1) is 13.5 Å². The Morgan fingerprint density at radius 3 is 2.50 bits per heavy atom. The van der Waals surface area contributed by atoms with Crippen molar-refractivity contribution in [1.82, 2.24) is 0 Å². The zero-order chi connectivity index (χ0) is 18.4. The van der Waals surface area contributed by atoms with Crippen LogP contribution < -0.4 is 15.0 Å². The molecule has 2 aromatic carbocycles. The fourth-order valence-corrected chi connectivity index (χ4v) is 3.64. The third-order valence-corrected chi connectivity index (χ3v) is 5.10. The molecule has 26 heavy (non-hydrogen) atoms. The Balaban J connectivity index is 1.58. The molecule has 0 radical (unpaired) electrons. The SMILES string of the molecule is CCC1CCCCN1c1ccc(NC(=O)Cc2ccc(OC)cc2)cc1. The standard InChI is InChI=1S/C22H28N2O2/c1-3-19-6-4-5-15-24(19)20-11-9-18(10-12-20)23-22(25)16-17-7-13-21(26-2)14-8-17/h7-14,19H,3-6,15-16H2,1-2H3,(H,23,25). The van der Waals surface area contributed by atoms with E-state index in [1.165, 1.54) is 31.4 Å². The average Bonchev–Trinajstić information content (AvgIpc) is 2.69. The Morgan fingerprint density at radius 2 is 1.85 bits per heavy atom. The number of carbonyl (C=O) groups is 1. The van der Waals surface area contributed by atoms with Crippen LogP contribution >= 0.6 is 0 Å². The number of nitrogens with one attached hydrogen (secondary N) is 1. The number of benzene rings is 2. The van der Waals surface area contributed by atoms with Crippen LogP contribution in [0.5, 0.6) is 5.75 Å². The highest BCUT2D eigenvalue weighted by Gasteiger charge is 2.20. The summed E-state index contributed by atoms with van der Waals surface area (Å²) in [5.74, 6) is 0.792. The third-order valence-electron chi connectivity index (χ3n) is 5.10. The first kappa shape index (κ1) is 18.3. The van der Waals surface area contributed by atoms with Gasteiger partial charge >= 0.3 is 0 Å². The van der Waals surface area contributed by atoms with E-state index in [4.69, 9.17) is 4.74 Å². The lowest BCUT2D eigenvalue weighted by Gasteiger charge is -2.37. The summed E-state index contributed by atoms with van der Waals surface area (Å²) in [5, 5.41) is 2.99. The second kappa shape index (κ2) is 8.75. The molecule has 4 heteroatoms. The summed E-state index contributed by atoms with van der Waals surface area (Å²) in [6, 6.07) is 16.5. The number of anilines is 2. The summed E-state index contributed by atoms with van der Waals surface area (Å²) in [7, 11) is 1.64. The quantitative estimate of drug-likeness (QED) is 0.823. The second-order valence-electron chi connectivity index (χ2n) is 6.87. The van der Waals surface area contributed by atoms with E-state index in [0.717, 1.165) is 23.5 Å². The van der Waals surface area contributed by atoms with Crippen LogP contribution in [0.15, 0.2) is 48.5 Å². The van der Waals surface area contributed by atoms with E-state index in [1.807, 2.05) is 36.4 Å². The fourth-order valence-electron chi connectivity index (χ4n) is 3.64. The van der Waals surface area contributed by atoms with Gasteiger partial charge in [-0.1, -0.05) is 19.1 Å². The molecule has 1 unspecified atom stereocenters. The minimum absolute atomic E-state index is 0.00711. The molecule has 2 aromatic rings. The molecule has 0 aromatic heterocycles. The van der Waals surface area contributed by atoms with Gasteiger partial charge in [0.25, 0.3) is 0 Å². The summed E-state index contributed by atoms with van der Waals surface area (Å²) >= 11 is 0. The van der Waals surface area contributed by atoms with Crippen LogP contribution in [0.1, 0.15) is 38.2 Å². The smallest absolute Gasteiger partial charge is 0.228 e. The Morgan fingerprint density at radius 1 is 1.12 bits per heavy atom. The number of nitrogens with zero attached hydrogens (tertiary/aromatic N) is 1. The number of hydrogen-bond acceptors (Lipinski definition) is 3. The minimum Gasteiger partial charge on any atom is -0.497 e. The van der Waals surface area contributed by atoms with Crippen LogP contribution in [0.3, 0.4) is 0 Å². The monoisotopic (exact) mass is 352 g/mol. The van der Waals surface area contributed by atoms with Gasteiger partial charge < -0.3 is 15.0 Å². The van der Waals surface area contributed by atoms with Crippen molar-refractivity contribution in [2.24, 2.45) is 0 Å². The van der Waals surface area contributed by atoms with Crippen molar-refractivity contribution in [3.8, 4) is 5.75 Å². The molecule has 1 heterocycles. The lowest BCUT2D eigenvalue weighted by atomic mass is 9.99. The van der Waals surface area contributed by atoms with Gasteiger partial charge in [0.15, 0.2) is 0 Å². The number of methoxy groups -OCH3 is 1. The number of rotatable bonds is 6. The lowest BCUT2D eigenvalue weighted by molar-refractivity contribution is -0.115. The van der Waals surface area contributed by atoms with Gasteiger partial charge in [-0.25, -0.2) is 0 Å². The zero-order valence-corrected chi connectivity index (χ0v) is 15.7. The number of piperidine rings is 1. The minimum atomic E-state index is -0.00711. The van der Waals surface area contributed by atoms with Gasteiger partial charge in [0, 0.05) is 24.0 Å². The molecule has 0 spiro atoms. The number of amides is 1. The van der Waals surface area contributed by atoms with Gasteiger partial charge in [0.1, 0.15) is 5.75 Å². The van der Waals surface area contributed by atoms with Crippen LogP contribution in [0.25, 0.3) is 0 Å². The Bertz CT molecular complexity index is 710. The van der Waals surface area contributed by atoms with Crippen molar-refractivity contribution in [3.05, 3.63) is 54.1 Å². The number of ether oxygens (including phenoxy) is 1. The van der Waals surface area contributed by atoms with E-state index in [1.54, 1.807) is 7.11 Å². The van der Waals surface area contributed by atoms with Crippen LogP contribution in [-0.2, 0) is 11.2 Å². The molecule has 1 aliphatic heterocycles. The van der Waals surface area contributed by atoms with Gasteiger partial charge in [-0.15, -0.1) is 0 Å². The lowest BCUT2D eigenvalue weighted by Crippen LogP contribution is -2.39. The van der Waals surface area contributed by atoms with E-state index >= 15 is 0 Å². The predicted molar refractivity (Wildman–Crippen MR) is 107 cm³/mol. The second-order valence-corrected chi connectivity index (χ2v) is 6.87. The van der Waals surface area contributed by atoms with E-state index in [2.05, 4.69) is 29.3 Å². The maximum Gasteiger partial charge on any atom is 0.228 e. The van der Waals surface area contributed by atoms with Crippen molar-refractivity contribution >= 4 is 17.3 Å². The summed E-state index contributed by atoms with van der Waals surface area (Å²) in [6.45, 7) is 3.39. The molecular weight excluding hydrogens is 324 g/mol. The van der Waals surface area contributed by atoms with E-state index in [-0.39, 0.29) is 5.91 Å². The van der Waals surface area contributed by atoms with Crippen LogP contribution in [-0.4, -0.2) is 25.6 Å². The molecule has 3 rings (SSSR count). The van der Waals surface area contributed by atoms with Crippen LogP contribution in [0.2, 0.25) is 0 Å². The van der Waals surface area contributed by atoms with Crippen LogP contribution in [0.4, 0.5) is 11.4 Å². The molecule has 1 atom stereocenters. The zero-order valence-electron chi connectivity index (χ0n) is 15.7. The highest BCUT2D eigenvalue weighted by Crippen LogP contribution is 2.27. The van der Waals surface area contributed by atoms with Crippen molar-refractivity contribution in [1.29, 1.82) is 0 Å². The summed E-state index contributed by atoms with van der Waals surface area (Å²) < 4.78 is 5.14. The largest absolute Gasteiger partial charge is 0.497 e. The predicted octanol–water partition coefficient (Wildman–Crippen LogP) is 4.65. The Hall–Kier alpha value is -2.49. The molecule has 138 valence electrons. The van der Waals surface area contributed by atoms with Crippen molar-refractivity contribution < 1.29 is 9.53 Å². The van der Waals surface area contributed by atoms with Crippen molar-refractivity contribution in [3.63, 3.8) is 0 Å². The highest BCUT2D eigenvalue weighted by atomic mass is 16.5. The van der Waals surface area contributed by atoms with Crippen molar-refractivity contribution in [2.45, 2.75) is 45.1 Å². The van der Waals surface area contributed by atoms with E-state index < -0.39 is 0 Å². The Labute approximate surface area is 156 Å². The number of carbonyl (C=O) groups excluding carboxylic acids is 1. The molecule has 1 aliphatic rings. The first-order valence-electron chi connectivity index (χ1n) is 9.49. The van der Waals surface area contributed by atoms with Crippen LogP contribution in [0, 0.1) is 0 Å². The fraction of sp³-hybridized carbons (Fsp3) is 0.409. The molecule has 1 saturated heterocycles. The van der Waals surface area contributed by atoms with Crippen molar-refractivity contribution in [2.75, 3.05) is 23.9 Å². The van der Waals surface area contributed by atoms with Gasteiger partial charge in [-0.2, -0.15) is 0 Å². The first-order chi connectivity index (χ1) is 12.7. The van der Waals surface area contributed by atoms with E-state index in [0.29, 0.717) is 12.5 Å². The normalized spacial score (nSPS) is 17.0. The van der Waals surface area contributed by atoms with Gasteiger partial charge in [-0.05, 0) is 67.6 Å². The summed E-state index contributed by atoms with van der Waals surface area (Å²) in [5.41, 5.74) is 3.07. The molecular formula is C22H28N2O2. The Kier molecular flexibility index (Phi) is 6.16. The third kappa shape index (κ3) is 4.57. The maximum absolute atomic E-state index is 12.3. The summed E-state index contributed by atoms with van der Waals surface area (Å²) in [6.07, 6.45) is 5.40. The molecule has 1 amide bonds. The highest BCUT2D eigenvalue weighted by molar-refractivity contribution is 5.92. The first-order valence-corrected chi connectivity index (χ1v) is 9.49. The molecule has 4 nitrogen and oxygen atoms in total. The molecule has 1 N–H and O–H groups in total. The molecule has 0 saturated carbocycles. The molecule has 1 fully saturated rings. The molecule has 0 bridgehead atoms. The molecule has 0 aliphatic carbocycles. The van der Waals surface area contributed by atoms with E-state index in [9.17, 15) is 4.79 Å². The summed E-state index contributed by atoms with van der Waals surface area (Å²) in [4.78, 5) is 14.8. The average molecular weight is 352 g/mol. The number of hydrogen-bond donors (Lipinski definition) is 1. The van der Waals surface area contributed by atoms with Gasteiger partial charge in [0.2, 0.25) is 5.91 Å².